The zero-order chi connectivity index (χ0) is 10.0. The summed E-state index contributed by atoms with van der Waals surface area (Å²) in [5.41, 5.74) is 0.0686. The highest BCUT2D eigenvalue weighted by Gasteiger charge is 2.40. The lowest BCUT2D eigenvalue weighted by Gasteiger charge is -2.28. The minimum atomic E-state index is 0.0686. The second kappa shape index (κ2) is 4.19. The first-order valence-electron chi connectivity index (χ1n) is 5.97. The highest BCUT2D eigenvalue weighted by atomic mass is 16.6. The molecule has 1 heterocycles. The van der Waals surface area contributed by atoms with Crippen LogP contribution in [0.4, 0.5) is 0 Å². The van der Waals surface area contributed by atoms with Crippen molar-refractivity contribution in [3.8, 4) is 0 Å². The molecule has 2 rings (SSSR count). The highest BCUT2D eigenvalue weighted by molar-refractivity contribution is 4.87. The Morgan fingerprint density at radius 1 is 1.43 bits per heavy atom. The van der Waals surface area contributed by atoms with Gasteiger partial charge >= 0.3 is 0 Å². The van der Waals surface area contributed by atoms with Crippen LogP contribution in [0.15, 0.2) is 0 Å². The van der Waals surface area contributed by atoms with E-state index in [1.165, 1.54) is 32.1 Å². The molecule has 0 aromatic rings. The average Bonchev–Trinajstić information content (AvgIpc) is 2.95. The Kier molecular flexibility index (Phi) is 3.13. The molecular weight excluding hydrogens is 176 g/mol. The number of hydrogen-bond acceptors (Lipinski definition) is 2. The first-order valence-corrected chi connectivity index (χ1v) is 5.97. The van der Waals surface area contributed by atoms with Crippen molar-refractivity contribution in [1.29, 1.82) is 0 Å². The van der Waals surface area contributed by atoms with Gasteiger partial charge in [-0.15, -0.1) is 0 Å². The molecule has 14 heavy (non-hydrogen) atoms. The van der Waals surface area contributed by atoms with Crippen LogP contribution in [0.2, 0.25) is 0 Å². The predicted molar refractivity (Wildman–Crippen MR) is 56.3 cm³/mol. The first kappa shape index (κ1) is 10.4. The quantitative estimate of drug-likeness (QED) is 0.648. The van der Waals surface area contributed by atoms with Gasteiger partial charge in [0, 0.05) is 0 Å². The molecule has 3 atom stereocenters. The fraction of sp³-hybridized carbons (Fsp3) is 1.00. The molecule has 3 unspecified atom stereocenters. The van der Waals surface area contributed by atoms with Gasteiger partial charge < -0.3 is 9.47 Å². The second-order valence-corrected chi connectivity index (χ2v) is 5.11. The summed E-state index contributed by atoms with van der Waals surface area (Å²) >= 11 is 0. The van der Waals surface area contributed by atoms with E-state index < -0.39 is 0 Å². The summed E-state index contributed by atoms with van der Waals surface area (Å²) in [6, 6.07) is 0. The van der Waals surface area contributed by atoms with Gasteiger partial charge in [0.15, 0.2) is 0 Å². The molecule has 2 heteroatoms. The van der Waals surface area contributed by atoms with E-state index in [4.69, 9.17) is 9.47 Å². The molecule has 1 saturated heterocycles. The zero-order valence-electron chi connectivity index (χ0n) is 9.42. The van der Waals surface area contributed by atoms with E-state index in [0.29, 0.717) is 6.10 Å². The van der Waals surface area contributed by atoms with Crippen molar-refractivity contribution < 1.29 is 9.47 Å². The van der Waals surface area contributed by atoms with E-state index in [-0.39, 0.29) is 5.60 Å². The molecule has 0 N–H and O–H groups in total. The zero-order valence-corrected chi connectivity index (χ0v) is 9.42. The molecule has 0 bridgehead atoms. The molecule has 0 radical (unpaired) electrons. The molecule has 1 aliphatic carbocycles. The van der Waals surface area contributed by atoms with Gasteiger partial charge in [-0.1, -0.05) is 26.2 Å². The van der Waals surface area contributed by atoms with Crippen molar-refractivity contribution >= 4 is 0 Å². The van der Waals surface area contributed by atoms with Gasteiger partial charge in [0.25, 0.3) is 0 Å². The van der Waals surface area contributed by atoms with Gasteiger partial charge in [0.05, 0.1) is 19.3 Å². The SMILES string of the molecule is CCC1CCCC(OCC2(C)CO2)C1. The topological polar surface area (TPSA) is 21.8 Å². The molecular formula is C12H22O2. The summed E-state index contributed by atoms with van der Waals surface area (Å²) < 4.78 is 11.2. The molecule has 0 amide bonds. The van der Waals surface area contributed by atoms with Crippen molar-refractivity contribution in [3.63, 3.8) is 0 Å². The fourth-order valence-corrected chi connectivity index (χ4v) is 2.26. The summed E-state index contributed by atoms with van der Waals surface area (Å²) in [7, 11) is 0. The summed E-state index contributed by atoms with van der Waals surface area (Å²) in [5, 5.41) is 0. The molecule has 1 aliphatic heterocycles. The van der Waals surface area contributed by atoms with Gasteiger partial charge in [-0.05, 0) is 25.7 Å². The van der Waals surface area contributed by atoms with Crippen LogP contribution in [0.5, 0.6) is 0 Å². The van der Waals surface area contributed by atoms with E-state index in [1.807, 2.05) is 0 Å². The van der Waals surface area contributed by atoms with Crippen LogP contribution in [0.25, 0.3) is 0 Å². The lowest BCUT2D eigenvalue weighted by molar-refractivity contribution is -0.0105. The third-order valence-corrected chi connectivity index (χ3v) is 3.57. The lowest BCUT2D eigenvalue weighted by Crippen LogP contribution is -2.27. The largest absolute Gasteiger partial charge is 0.375 e. The minimum absolute atomic E-state index is 0.0686. The Labute approximate surface area is 87.0 Å². The van der Waals surface area contributed by atoms with Crippen molar-refractivity contribution in [2.24, 2.45) is 5.92 Å². The third kappa shape index (κ3) is 2.71. The van der Waals surface area contributed by atoms with E-state index in [9.17, 15) is 0 Å². The molecule has 0 spiro atoms. The smallest absolute Gasteiger partial charge is 0.112 e. The number of epoxide rings is 1. The molecule has 1 saturated carbocycles. The van der Waals surface area contributed by atoms with Crippen LogP contribution in [-0.2, 0) is 9.47 Å². The Morgan fingerprint density at radius 3 is 2.86 bits per heavy atom. The van der Waals surface area contributed by atoms with Gasteiger partial charge in [0.1, 0.15) is 5.60 Å². The molecule has 0 aromatic carbocycles. The van der Waals surface area contributed by atoms with Crippen molar-refractivity contribution in [2.75, 3.05) is 13.2 Å². The number of hydrogen-bond donors (Lipinski definition) is 0. The van der Waals surface area contributed by atoms with Crippen LogP contribution >= 0.6 is 0 Å². The summed E-state index contributed by atoms with van der Waals surface area (Å²) in [4.78, 5) is 0. The van der Waals surface area contributed by atoms with Crippen LogP contribution in [0.3, 0.4) is 0 Å². The Morgan fingerprint density at radius 2 is 2.21 bits per heavy atom. The number of rotatable bonds is 4. The molecule has 2 aliphatic rings. The van der Waals surface area contributed by atoms with Crippen molar-refractivity contribution in [1.82, 2.24) is 0 Å². The Bertz CT molecular complexity index is 187. The molecule has 82 valence electrons. The van der Waals surface area contributed by atoms with Gasteiger partial charge in [-0.3, -0.25) is 0 Å². The third-order valence-electron chi connectivity index (χ3n) is 3.57. The predicted octanol–water partition coefficient (Wildman–Crippen LogP) is 2.76. The molecule has 0 aromatic heterocycles. The van der Waals surface area contributed by atoms with Crippen LogP contribution in [0.1, 0.15) is 46.0 Å². The number of ether oxygens (including phenoxy) is 2. The van der Waals surface area contributed by atoms with Crippen LogP contribution < -0.4 is 0 Å². The maximum atomic E-state index is 5.92. The average molecular weight is 198 g/mol. The minimum Gasteiger partial charge on any atom is -0.375 e. The van der Waals surface area contributed by atoms with E-state index in [0.717, 1.165) is 19.1 Å². The maximum absolute atomic E-state index is 5.92. The Balaban J connectivity index is 1.69. The summed E-state index contributed by atoms with van der Waals surface area (Å²) in [6.45, 7) is 6.11. The van der Waals surface area contributed by atoms with Crippen LogP contribution in [0, 0.1) is 5.92 Å². The van der Waals surface area contributed by atoms with E-state index in [1.54, 1.807) is 0 Å². The summed E-state index contributed by atoms with van der Waals surface area (Å²) in [6.07, 6.45) is 7.10. The maximum Gasteiger partial charge on any atom is 0.112 e. The van der Waals surface area contributed by atoms with Crippen molar-refractivity contribution in [2.45, 2.75) is 57.7 Å². The van der Waals surface area contributed by atoms with Gasteiger partial charge in [0.2, 0.25) is 0 Å². The fourth-order valence-electron chi connectivity index (χ4n) is 2.26. The van der Waals surface area contributed by atoms with Crippen molar-refractivity contribution in [3.05, 3.63) is 0 Å². The molecule has 2 fully saturated rings. The van der Waals surface area contributed by atoms with Crippen LogP contribution in [-0.4, -0.2) is 24.9 Å². The Hall–Kier alpha value is -0.0800. The highest BCUT2D eigenvalue weighted by Crippen LogP contribution is 2.31. The molecule has 2 nitrogen and oxygen atoms in total. The van der Waals surface area contributed by atoms with E-state index >= 15 is 0 Å². The summed E-state index contributed by atoms with van der Waals surface area (Å²) in [5.74, 6) is 0.904. The normalized spacial score (nSPS) is 42.4. The standard InChI is InChI=1S/C12H22O2/c1-3-10-5-4-6-11(7-10)13-8-12(2)9-14-12/h10-11H,3-9H2,1-2H3. The van der Waals surface area contributed by atoms with E-state index in [2.05, 4.69) is 13.8 Å². The second-order valence-electron chi connectivity index (χ2n) is 5.11. The monoisotopic (exact) mass is 198 g/mol. The first-order chi connectivity index (χ1) is 6.72. The van der Waals surface area contributed by atoms with Gasteiger partial charge in [-0.25, -0.2) is 0 Å². The lowest BCUT2D eigenvalue weighted by atomic mass is 9.85. The van der Waals surface area contributed by atoms with Gasteiger partial charge in [-0.2, -0.15) is 0 Å².